The summed E-state index contributed by atoms with van der Waals surface area (Å²) in [5, 5.41) is 4.86. The fraction of sp³-hybridized carbons (Fsp3) is 0.222. The van der Waals surface area contributed by atoms with E-state index in [1.165, 1.54) is 0 Å². The van der Waals surface area contributed by atoms with Crippen LogP contribution in [0.15, 0.2) is 24.3 Å². The van der Waals surface area contributed by atoms with Gasteiger partial charge in [0, 0.05) is 5.56 Å². The first kappa shape index (κ1) is 11.7. The Morgan fingerprint density at radius 1 is 1.20 bits per heavy atom. The maximum absolute atomic E-state index is 10.7. The predicted molar refractivity (Wildman–Crippen MR) is 56.6 cm³/mol. The molecule has 4 N–H and O–H groups in total. The number of amides is 1. The van der Waals surface area contributed by atoms with Gasteiger partial charge >= 0.3 is 0 Å². The van der Waals surface area contributed by atoms with E-state index in [9.17, 15) is 13.2 Å². The summed E-state index contributed by atoms with van der Waals surface area (Å²) in [5.41, 5.74) is 6.25. The molecule has 82 valence electrons. The van der Waals surface area contributed by atoms with E-state index in [4.69, 9.17) is 10.9 Å². The van der Waals surface area contributed by atoms with Crippen LogP contribution in [0.4, 0.5) is 0 Å². The van der Waals surface area contributed by atoms with Gasteiger partial charge in [-0.3, -0.25) is 4.79 Å². The first-order valence-electron chi connectivity index (χ1n) is 4.28. The van der Waals surface area contributed by atoms with Gasteiger partial charge in [-0.1, -0.05) is 12.1 Å². The molecular formula is C9H12N2O3S. The molecule has 0 aliphatic rings. The Bertz CT molecular complexity index is 451. The highest BCUT2D eigenvalue weighted by molar-refractivity contribution is 7.89. The molecule has 0 spiro atoms. The fourth-order valence-electron chi connectivity index (χ4n) is 1.10. The smallest absolute Gasteiger partial charge is 0.248 e. The molecule has 15 heavy (non-hydrogen) atoms. The highest BCUT2D eigenvalue weighted by Gasteiger charge is 2.04. The zero-order valence-corrected chi connectivity index (χ0v) is 8.83. The monoisotopic (exact) mass is 228 g/mol. The summed E-state index contributed by atoms with van der Waals surface area (Å²) in [6.07, 6.45) is 0.331. The molecule has 0 saturated carbocycles. The van der Waals surface area contributed by atoms with Crippen molar-refractivity contribution in [3.63, 3.8) is 0 Å². The van der Waals surface area contributed by atoms with Gasteiger partial charge in [-0.15, -0.1) is 0 Å². The second-order valence-corrected chi connectivity index (χ2v) is 4.91. The van der Waals surface area contributed by atoms with Crippen LogP contribution in [0, 0.1) is 0 Å². The number of sulfonamides is 1. The van der Waals surface area contributed by atoms with E-state index in [2.05, 4.69) is 0 Å². The van der Waals surface area contributed by atoms with E-state index < -0.39 is 15.9 Å². The molecule has 0 aliphatic heterocycles. The molecule has 1 rings (SSSR count). The highest BCUT2D eigenvalue weighted by atomic mass is 32.2. The molecule has 0 radical (unpaired) electrons. The molecular weight excluding hydrogens is 216 g/mol. The second kappa shape index (κ2) is 4.41. The van der Waals surface area contributed by atoms with Crippen LogP contribution in [-0.2, 0) is 16.4 Å². The Hall–Kier alpha value is -1.40. The zero-order valence-electron chi connectivity index (χ0n) is 8.01. The standard InChI is InChI=1S/C9H12N2O3S/c10-9(12)8-3-1-7(2-4-8)5-6-15(11,13)14/h1-4H,5-6H2,(H2,10,12)(H2,11,13,14). The Kier molecular flexibility index (Phi) is 3.43. The third-order valence-electron chi connectivity index (χ3n) is 1.91. The summed E-state index contributed by atoms with van der Waals surface area (Å²) < 4.78 is 21.4. The Morgan fingerprint density at radius 3 is 2.13 bits per heavy atom. The lowest BCUT2D eigenvalue weighted by Crippen LogP contribution is -2.18. The number of nitrogens with two attached hydrogens (primary N) is 2. The number of aryl methyl sites for hydroxylation is 1. The Labute approximate surface area is 88.1 Å². The lowest BCUT2D eigenvalue weighted by atomic mass is 10.1. The van der Waals surface area contributed by atoms with Crippen molar-refractivity contribution in [2.75, 3.05) is 5.75 Å². The predicted octanol–water partition coefficient (Wildman–Crippen LogP) is -0.383. The third kappa shape index (κ3) is 4.09. The number of benzene rings is 1. The first-order chi connectivity index (χ1) is 6.88. The third-order valence-corrected chi connectivity index (χ3v) is 2.69. The summed E-state index contributed by atoms with van der Waals surface area (Å²) in [5.74, 6) is -0.615. The van der Waals surface area contributed by atoms with Crippen molar-refractivity contribution >= 4 is 15.9 Å². The Balaban J connectivity index is 2.69. The van der Waals surface area contributed by atoms with Crippen LogP contribution in [0.1, 0.15) is 15.9 Å². The quantitative estimate of drug-likeness (QED) is 0.733. The molecule has 0 bridgehead atoms. The number of hydrogen-bond donors (Lipinski definition) is 2. The van der Waals surface area contributed by atoms with Crippen LogP contribution < -0.4 is 10.9 Å². The van der Waals surface area contributed by atoms with Gasteiger partial charge in [-0.2, -0.15) is 0 Å². The lowest BCUT2D eigenvalue weighted by molar-refractivity contribution is 0.100. The van der Waals surface area contributed by atoms with Gasteiger partial charge in [-0.25, -0.2) is 13.6 Å². The van der Waals surface area contributed by atoms with Crippen molar-refractivity contribution < 1.29 is 13.2 Å². The van der Waals surface area contributed by atoms with Crippen LogP contribution in [-0.4, -0.2) is 20.1 Å². The minimum atomic E-state index is -3.44. The van der Waals surface area contributed by atoms with Crippen molar-refractivity contribution in [2.24, 2.45) is 10.9 Å². The van der Waals surface area contributed by atoms with Crippen LogP contribution in [0.25, 0.3) is 0 Å². The van der Waals surface area contributed by atoms with Crippen LogP contribution >= 0.6 is 0 Å². The fourth-order valence-corrected chi connectivity index (χ4v) is 1.62. The van der Waals surface area contributed by atoms with Gasteiger partial charge in [0.1, 0.15) is 0 Å². The number of primary amides is 1. The normalized spacial score (nSPS) is 11.3. The van der Waals surface area contributed by atoms with Gasteiger partial charge in [0.25, 0.3) is 0 Å². The van der Waals surface area contributed by atoms with Crippen LogP contribution in [0.3, 0.4) is 0 Å². The van der Waals surface area contributed by atoms with Gasteiger partial charge in [0.15, 0.2) is 0 Å². The van der Waals surface area contributed by atoms with Crippen molar-refractivity contribution in [1.82, 2.24) is 0 Å². The Morgan fingerprint density at radius 2 is 1.73 bits per heavy atom. The molecule has 0 heterocycles. The summed E-state index contributed by atoms with van der Waals surface area (Å²) in [4.78, 5) is 10.7. The van der Waals surface area contributed by atoms with Gasteiger partial charge in [-0.05, 0) is 24.1 Å². The van der Waals surface area contributed by atoms with Crippen LogP contribution in [0.5, 0.6) is 0 Å². The van der Waals surface area contributed by atoms with Crippen molar-refractivity contribution in [3.8, 4) is 0 Å². The molecule has 0 atom stereocenters. The van der Waals surface area contributed by atoms with E-state index in [0.29, 0.717) is 12.0 Å². The molecule has 0 aromatic heterocycles. The number of hydrogen-bond acceptors (Lipinski definition) is 3. The maximum atomic E-state index is 10.7. The van der Waals surface area contributed by atoms with Crippen molar-refractivity contribution in [3.05, 3.63) is 35.4 Å². The number of carbonyl (C=O) groups is 1. The molecule has 1 amide bonds. The van der Waals surface area contributed by atoms with Crippen LogP contribution in [0.2, 0.25) is 0 Å². The average molecular weight is 228 g/mol. The van der Waals surface area contributed by atoms with Gasteiger partial charge < -0.3 is 5.73 Å². The topological polar surface area (TPSA) is 103 Å². The summed E-state index contributed by atoms with van der Waals surface area (Å²) in [7, 11) is -3.44. The molecule has 1 aromatic carbocycles. The van der Waals surface area contributed by atoms with E-state index >= 15 is 0 Å². The molecule has 0 saturated heterocycles. The van der Waals surface area contributed by atoms with Crippen molar-refractivity contribution in [1.29, 1.82) is 0 Å². The number of primary sulfonamides is 1. The van der Waals surface area contributed by atoms with Gasteiger partial charge in [0.2, 0.25) is 15.9 Å². The molecule has 5 nitrogen and oxygen atoms in total. The minimum absolute atomic E-state index is 0.108. The summed E-state index contributed by atoms with van der Waals surface area (Å²) in [6.45, 7) is 0. The average Bonchev–Trinajstić information content (AvgIpc) is 2.14. The van der Waals surface area contributed by atoms with E-state index in [1.54, 1.807) is 24.3 Å². The van der Waals surface area contributed by atoms with E-state index in [1.807, 2.05) is 0 Å². The lowest BCUT2D eigenvalue weighted by Gasteiger charge is -2.01. The molecule has 0 aliphatic carbocycles. The number of carbonyl (C=O) groups excluding carboxylic acids is 1. The molecule has 0 unspecified atom stereocenters. The number of rotatable bonds is 4. The minimum Gasteiger partial charge on any atom is -0.366 e. The molecule has 6 heteroatoms. The highest BCUT2D eigenvalue weighted by Crippen LogP contribution is 2.05. The first-order valence-corrected chi connectivity index (χ1v) is 5.99. The molecule has 0 fully saturated rings. The second-order valence-electron chi connectivity index (χ2n) is 3.18. The van der Waals surface area contributed by atoms with E-state index in [-0.39, 0.29) is 5.75 Å². The maximum Gasteiger partial charge on any atom is 0.248 e. The SMILES string of the molecule is NC(=O)c1ccc(CCS(N)(=O)=O)cc1. The summed E-state index contributed by atoms with van der Waals surface area (Å²) >= 11 is 0. The largest absolute Gasteiger partial charge is 0.366 e. The van der Waals surface area contributed by atoms with Crippen molar-refractivity contribution in [2.45, 2.75) is 6.42 Å². The van der Waals surface area contributed by atoms with Gasteiger partial charge in [0.05, 0.1) is 5.75 Å². The molecule has 1 aromatic rings. The zero-order chi connectivity index (χ0) is 11.5. The summed E-state index contributed by atoms with van der Waals surface area (Å²) in [6, 6.07) is 6.43. The van der Waals surface area contributed by atoms with E-state index in [0.717, 1.165) is 5.56 Å².